The summed E-state index contributed by atoms with van der Waals surface area (Å²) in [6, 6.07) is 3.10. The fraction of sp³-hybridized carbons (Fsp3) is 0.350. The van der Waals surface area contributed by atoms with Crippen molar-refractivity contribution in [1.29, 1.82) is 0 Å². The van der Waals surface area contributed by atoms with Gasteiger partial charge in [-0.3, -0.25) is 4.31 Å². The van der Waals surface area contributed by atoms with Crippen LogP contribution in [0.3, 0.4) is 0 Å². The molecule has 1 aliphatic carbocycles. The molecule has 2 N–H and O–H groups in total. The molecule has 2 heterocycles. The third-order valence-electron chi connectivity index (χ3n) is 5.29. The molecule has 0 saturated heterocycles. The zero-order valence-electron chi connectivity index (χ0n) is 17.1. The van der Waals surface area contributed by atoms with Crippen molar-refractivity contribution in [2.75, 3.05) is 13.7 Å². The Labute approximate surface area is 187 Å². The minimum Gasteiger partial charge on any atom is -0.467 e. The third-order valence-corrected chi connectivity index (χ3v) is 7.30. The SMILES string of the molecule is CN1C(N)=NC(c2cc(/C=C(\F)c3cnc(OCC(F)(F)F)cn3)ccc2F)C2(CC2)S1=O. The fourth-order valence-corrected chi connectivity index (χ4v) is 5.04. The van der Waals surface area contributed by atoms with E-state index in [0.717, 1.165) is 24.5 Å². The van der Waals surface area contributed by atoms with E-state index in [1.165, 1.54) is 16.4 Å². The first-order valence-electron chi connectivity index (χ1n) is 9.68. The van der Waals surface area contributed by atoms with Crippen LogP contribution in [0.2, 0.25) is 0 Å². The number of hydrogen-bond donors (Lipinski definition) is 1. The average Bonchev–Trinajstić information content (AvgIpc) is 3.57. The summed E-state index contributed by atoms with van der Waals surface area (Å²) in [6.45, 7) is -1.55. The summed E-state index contributed by atoms with van der Waals surface area (Å²) < 4.78 is 83.8. The number of benzene rings is 1. The molecule has 2 aromatic rings. The molecule has 1 aliphatic heterocycles. The van der Waals surface area contributed by atoms with E-state index in [0.29, 0.717) is 12.8 Å². The summed E-state index contributed by atoms with van der Waals surface area (Å²) >= 11 is 0. The van der Waals surface area contributed by atoms with Crippen molar-refractivity contribution in [1.82, 2.24) is 14.3 Å². The Kier molecular flexibility index (Phi) is 5.85. The van der Waals surface area contributed by atoms with Gasteiger partial charge in [-0.25, -0.2) is 28.0 Å². The second-order valence-corrected chi connectivity index (χ2v) is 9.48. The van der Waals surface area contributed by atoms with E-state index in [1.54, 1.807) is 7.05 Å². The van der Waals surface area contributed by atoms with Gasteiger partial charge in [0.05, 0.1) is 17.1 Å². The number of aromatic nitrogens is 2. The zero-order chi connectivity index (χ0) is 24.0. The van der Waals surface area contributed by atoms with Gasteiger partial charge in [0.2, 0.25) is 11.8 Å². The number of halogens is 5. The van der Waals surface area contributed by atoms with Gasteiger partial charge in [0.15, 0.2) is 12.4 Å². The number of hydrogen-bond acceptors (Lipinski definition) is 6. The maximum atomic E-state index is 14.7. The zero-order valence-corrected chi connectivity index (χ0v) is 18.0. The molecule has 1 aromatic heterocycles. The van der Waals surface area contributed by atoms with Crippen LogP contribution in [0.4, 0.5) is 22.0 Å². The second-order valence-electron chi connectivity index (χ2n) is 7.62. The Hall–Kier alpha value is -3.09. The Bertz CT molecular complexity index is 1150. The topological polar surface area (TPSA) is 93.7 Å². The maximum Gasteiger partial charge on any atom is 0.422 e. The lowest BCUT2D eigenvalue weighted by molar-refractivity contribution is -0.154. The molecule has 1 fully saturated rings. The lowest BCUT2D eigenvalue weighted by Gasteiger charge is -2.34. The van der Waals surface area contributed by atoms with Gasteiger partial charge in [-0.05, 0) is 36.6 Å². The molecule has 2 unspecified atom stereocenters. The van der Waals surface area contributed by atoms with Crippen molar-refractivity contribution in [2.45, 2.75) is 29.8 Å². The smallest absolute Gasteiger partial charge is 0.422 e. The van der Waals surface area contributed by atoms with Gasteiger partial charge in [0, 0.05) is 12.6 Å². The molecule has 0 bridgehead atoms. The molecule has 7 nitrogen and oxygen atoms in total. The molecular weight excluding hydrogens is 469 g/mol. The van der Waals surface area contributed by atoms with Crippen LogP contribution in [0.1, 0.15) is 35.7 Å². The quantitative estimate of drug-likeness (QED) is 0.652. The summed E-state index contributed by atoms with van der Waals surface area (Å²) in [5, 5.41) is 0. The highest BCUT2D eigenvalue weighted by Gasteiger charge is 2.60. The number of guanidine groups is 1. The second kappa shape index (κ2) is 8.36. The van der Waals surface area contributed by atoms with Gasteiger partial charge in [-0.2, -0.15) is 13.2 Å². The predicted octanol–water partition coefficient (Wildman–Crippen LogP) is 3.52. The minimum absolute atomic E-state index is 0.0190. The van der Waals surface area contributed by atoms with Crippen LogP contribution in [-0.2, 0) is 11.0 Å². The lowest BCUT2D eigenvalue weighted by Crippen LogP contribution is -2.47. The number of aliphatic imine (C=N–C) groups is 1. The molecule has 2 aliphatic rings. The first kappa shape index (κ1) is 23.1. The fourth-order valence-electron chi connectivity index (χ4n) is 3.46. The minimum atomic E-state index is -4.54. The molecule has 13 heteroatoms. The Balaban J connectivity index is 1.59. The van der Waals surface area contributed by atoms with Crippen LogP contribution in [0.5, 0.6) is 5.88 Å². The van der Waals surface area contributed by atoms with Gasteiger partial charge in [0.25, 0.3) is 0 Å². The highest BCUT2D eigenvalue weighted by molar-refractivity contribution is 7.85. The van der Waals surface area contributed by atoms with E-state index in [1.807, 2.05) is 0 Å². The number of rotatable bonds is 5. The number of nitrogens with zero attached hydrogens (tertiary/aromatic N) is 4. The first-order chi connectivity index (χ1) is 15.5. The van der Waals surface area contributed by atoms with Gasteiger partial charge in [-0.15, -0.1) is 0 Å². The standard InChI is InChI=1S/C20H18F5N5O2S/c1-30-18(26)29-17(19(4-5-19)33(30)31)12-6-11(2-3-13(12)21)7-14(22)15-8-28-16(9-27-15)32-10-20(23,24)25/h2-3,6-9,17H,4-5,10H2,1H3,(H2,26,29)/b14-7-. The van der Waals surface area contributed by atoms with Crippen molar-refractivity contribution < 1.29 is 30.9 Å². The molecule has 1 spiro atoms. The summed E-state index contributed by atoms with van der Waals surface area (Å²) in [6.07, 6.45) is -0.518. The van der Waals surface area contributed by atoms with Crippen LogP contribution < -0.4 is 10.5 Å². The Morgan fingerprint density at radius 2 is 2.06 bits per heavy atom. The van der Waals surface area contributed by atoms with Crippen LogP contribution in [0.25, 0.3) is 11.9 Å². The number of alkyl halides is 3. The molecule has 33 heavy (non-hydrogen) atoms. The molecule has 4 rings (SSSR count). The first-order valence-corrected chi connectivity index (χ1v) is 10.8. The van der Waals surface area contributed by atoms with E-state index in [-0.39, 0.29) is 22.8 Å². The van der Waals surface area contributed by atoms with E-state index in [4.69, 9.17) is 5.73 Å². The van der Waals surface area contributed by atoms with Gasteiger partial charge in [0.1, 0.15) is 28.5 Å². The largest absolute Gasteiger partial charge is 0.467 e. The Morgan fingerprint density at radius 3 is 2.67 bits per heavy atom. The van der Waals surface area contributed by atoms with Crippen molar-refractivity contribution in [3.05, 3.63) is 53.2 Å². The predicted molar refractivity (Wildman–Crippen MR) is 111 cm³/mol. The van der Waals surface area contributed by atoms with E-state index in [9.17, 15) is 26.2 Å². The summed E-state index contributed by atoms with van der Waals surface area (Å²) in [5.74, 6) is -1.83. The van der Waals surface area contributed by atoms with Crippen molar-refractivity contribution >= 4 is 28.8 Å². The third kappa shape index (κ3) is 4.68. The summed E-state index contributed by atoms with van der Waals surface area (Å²) in [5.41, 5.74) is 6.01. The average molecular weight is 487 g/mol. The van der Waals surface area contributed by atoms with E-state index in [2.05, 4.69) is 19.7 Å². The van der Waals surface area contributed by atoms with Crippen LogP contribution in [0, 0.1) is 5.82 Å². The highest BCUT2D eigenvalue weighted by Crippen LogP contribution is 2.55. The van der Waals surface area contributed by atoms with Crippen LogP contribution in [0.15, 0.2) is 35.6 Å². The maximum absolute atomic E-state index is 14.7. The van der Waals surface area contributed by atoms with Crippen molar-refractivity contribution in [2.24, 2.45) is 10.7 Å². The molecular formula is C20H18F5N5O2S. The van der Waals surface area contributed by atoms with Crippen LogP contribution in [-0.4, -0.2) is 49.0 Å². The number of ether oxygens (including phenoxy) is 1. The van der Waals surface area contributed by atoms with E-state index >= 15 is 0 Å². The van der Waals surface area contributed by atoms with Gasteiger partial charge in [-0.1, -0.05) is 6.07 Å². The molecule has 1 saturated carbocycles. The monoisotopic (exact) mass is 487 g/mol. The molecule has 176 valence electrons. The molecule has 1 aromatic carbocycles. The van der Waals surface area contributed by atoms with Gasteiger partial charge < -0.3 is 10.5 Å². The van der Waals surface area contributed by atoms with Crippen LogP contribution >= 0.6 is 0 Å². The highest BCUT2D eigenvalue weighted by atomic mass is 32.2. The van der Waals surface area contributed by atoms with Gasteiger partial charge >= 0.3 is 6.18 Å². The van der Waals surface area contributed by atoms with Crippen molar-refractivity contribution in [3.63, 3.8) is 0 Å². The summed E-state index contributed by atoms with van der Waals surface area (Å²) in [4.78, 5) is 11.7. The Morgan fingerprint density at radius 1 is 1.33 bits per heavy atom. The molecule has 2 atom stereocenters. The molecule has 0 radical (unpaired) electrons. The lowest BCUT2D eigenvalue weighted by atomic mass is 9.99. The summed E-state index contributed by atoms with van der Waals surface area (Å²) in [7, 11) is 0.0630. The normalized spacial score (nSPS) is 22.3. The molecule has 0 amide bonds. The van der Waals surface area contributed by atoms with Crippen molar-refractivity contribution in [3.8, 4) is 5.88 Å². The van der Waals surface area contributed by atoms with E-state index < -0.39 is 52.1 Å². The number of nitrogens with two attached hydrogens (primary N) is 1.